The summed E-state index contributed by atoms with van der Waals surface area (Å²) in [6, 6.07) is 11.5. The van der Waals surface area contributed by atoms with Gasteiger partial charge in [-0.1, -0.05) is 18.2 Å². The molecule has 2 nitrogen and oxygen atoms in total. The van der Waals surface area contributed by atoms with Gasteiger partial charge in [0.2, 0.25) is 4.93 Å². The first-order valence-electron chi connectivity index (χ1n) is 3.90. The Kier molecular flexibility index (Phi) is 3.21. The summed E-state index contributed by atoms with van der Waals surface area (Å²) in [6.07, 6.45) is 1.85. The first kappa shape index (κ1) is 9.94. The van der Waals surface area contributed by atoms with Crippen LogP contribution in [-0.4, -0.2) is 11.2 Å². The molecule has 0 aliphatic heterocycles. The third-order valence-electron chi connectivity index (χ3n) is 1.65. The second kappa shape index (κ2) is 4.20. The fraction of sp³-hybridized carbons (Fsp3) is 0.300. The maximum absolute atomic E-state index is 8.85. The predicted molar refractivity (Wildman–Crippen MR) is 54.6 cm³/mol. The molecule has 0 saturated heterocycles. The van der Waals surface area contributed by atoms with Crippen LogP contribution in [0.1, 0.15) is 6.92 Å². The Morgan fingerprint density at radius 2 is 2.00 bits per heavy atom. The Morgan fingerprint density at radius 1 is 1.38 bits per heavy atom. The van der Waals surface area contributed by atoms with Crippen molar-refractivity contribution in [3.05, 3.63) is 30.3 Å². The number of nitriles is 1. The Hall–Kier alpha value is -1.14. The highest BCUT2D eigenvalue weighted by molar-refractivity contribution is 8.00. The van der Waals surface area contributed by atoms with Crippen molar-refractivity contribution in [2.75, 3.05) is 6.26 Å². The molecule has 1 aromatic rings. The van der Waals surface area contributed by atoms with Gasteiger partial charge in [-0.3, -0.25) is 0 Å². The zero-order chi connectivity index (χ0) is 9.73. The molecule has 1 aromatic carbocycles. The summed E-state index contributed by atoms with van der Waals surface area (Å²) < 4.78 is 5.50. The van der Waals surface area contributed by atoms with Gasteiger partial charge in [-0.2, -0.15) is 5.26 Å². The van der Waals surface area contributed by atoms with E-state index in [0.717, 1.165) is 5.75 Å². The molecule has 0 aliphatic rings. The van der Waals surface area contributed by atoms with Crippen LogP contribution in [-0.2, 0) is 0 Å². The summed E-state index contributed by atoms with van der Waals surface area (Å²) in [7, 11) is 0. The average molecular weight is 193 g/mol. The molecule has 0 spiro atoms. The van der Waals surface area contributed by atoms with Gasteiger partial charge in [-0.15, -0.1) is 11.8 Å². The third kappa shape index (κ3) is 2.67. The minimum absolute atomic E-state index is 0.723. The van der Waals surface area contributed by atoms with Gasteiger partial charge in [-0.25, -0.2) is 0 Å². The van der Waals surface area contributed by atoms with Crippen molar-refractivity contribution in [2.45, 2.75) is 11.9 Å². The molecule has 1 atom stereocenters. The van der Waals surface area contributed by atoms with E-state index in [9.17, 15) is 0 Å². The maximum Gasteiger partial charge on any atom is 0.238 e. The van der Waals surface area contributed by atoms with E-state index in [1.165, 1.54) is 11.8 Å². The first-order valence-corrected chi connectivity index (χ1v) is 5.13. The number of para-hydroxylation sites is 1. The van der Waals surface area contributed by atoms with Crippen LogP contribution in [0.5, 0.6) is 5.75 Å². The van der Waals surface area contributed by atoms with Crippen molar-refractivity contribution in [2.24, 2.45) is 0 Å². The van der Waals surface area contributed by atoms with Gasteiger partial charge < -0.3 is 4.74 Å². The Balaban J connectivity index is 2.75. The number of hydrogen-bond donors (Lipinski definition) is 0. The van der Waals surface area contributed by atoms with E-state index in [-0.39, 0.29) is 0 Å². The summed E-state index contributed by atoms with van der Waals surface area (Å²) in [6.45, 7) is 1.75. The standard InChI is InChI=1S/C10H11NOS/c1-10(8-11,13-2)12-9-6-4-3-5-7-9/h3-7H,1-2H3. The normalized spacial score (nSPS) is 14.2. The molecule has 0 saturated carbocycles. The molecular weight excluding hydrogens is 182 g/mol. The van der Waals surface area contributed by atoms with Gasteiger partial charge in [0.15, 0.2) is 0 Å². The van der Waals surface area contributed by atoms with Gasteiger partial charge in [0, 0.05) is 0 Å². The minimum atomic E-state index is -0.790. The Labute approximate surface area is 82.5 Å². The molecule has 3 heteroatoms. The van der Waals surface area contributed by atoms with E-state index in [0.29, 0.717) is 0 Å². The second-order valence-corrected chi connectivity index (χ2v) is 3.86. The number of nitrogens with zero attached hydrogens (tertiary/aromatic N) is 1. The van der Waals surface area contributed by atoms with E-state index in [1.54, 1.807) is 6.92 Å². The fourth-order valence-corrected chi connectivity index (χ4v) is 1.09. The molecule has 0 radical (unpaired) electrons. The van der Waals surface area contributed by atoms with Crippen LogP contribution in [0.15, 0.2) is 30.3 Å². The number of benzene rings is 1. The van der Waals surface area contributed by atoms with Crippen LogP contribution >= 0.6 is 11.8 Å². The van der Waals surface area contributed by atoms with Crippen LogP contribution in [0.4, 0.5) is 0 Å². The molecule has 1 rings (SSSR count). The lowest BCUT2D eigenvalue weighted by molar-refractivity contribution is 0.244. The molecule has 13 heavy (non-hydrogen) atoms. The zero-order valence-electron chi connectivity index (χ0n) is 7.65. The first-order chi connectivity index (χ1) is 6.20. The summed E-state index contributed by atoms with van der Waals surface area (Å²) in [5, 5.41) is 8.85. The molecular formula is C10H11NOS. The topological polar surface area (TPSA) is 33.0 Å². The highest BCUT2D eigenvalue weighted by atomic mass is 32.2. The van der Waals surface area contributed by atoms with Gasteiger partial charge in [0.1, 0.15) is 11.8 Å². The molecule has 0 amide bonds. The average Bonchev–Trinajstić information content (AvgIpc) is 2.19. The quantitative estimate of drug-likeness (QED) is 0.692. The van der Waals surface area contributed by atoms with Gasteiger partial charge >= 0.3 is 0 Å². The van der Waals surface area contributed by atoms with E-state index in [4.69, 9.17) is 10.00 Å². The van der Waals surface area contributed by atoms with Gasteiger partial charge in [0.25, 0.3) is 0 Å². The zero-order valence-corrected chi connectivity index (χ0v) is 8.47. The van der Waals surface area contributed by atoms with Crippen LogP contribution in [0.25, 0.3) is 0 Å². The highest BCUT2D eigenvalue weighted by Gasteiger charge is 2.23. The van der Waals surface area contributed by atoms with Crippen LogP contribution in [0.2, 0.25) is 0 Å². The SMILES string of the molecule is CSC(C)(C#N)Oc1ccccc1. The third-order valence-corrected chi connectivity index (χ3v) is 2.60. The van der Waals surface area contributed by atoms with E-state index in [1.807, 2.05) is 36.6 Å². The molecule has 1 unspecified atom stereocenters. The lowest BCUT2D eigenvalue weighted by Gasteiger charge is -2.20. The van der Waals surface area contributed by atoms with Crippen LogP contribution in [0, 0.1) is 11.3 Å². The number of ether oxygens (including phenoxy) is 1. The summed E-state index contributed by atoms with van der Waals surface area (Å²) in [5.41, 5.74) is 0. The second-order valence-electron chi connectivity index (χ2n) is 2.68. The molecule has 0 fully saturated rings. The smallest absolute Gasteiger partial charge is 0.238 e. The maximum atomic E-state index is 8.85. The Morgan fingerprint density at radius 3 is 2.46 bits per heavy atom. The molecule has 0 heterocycles. The fourth-order valence-electron chi connectivity index (χ4n) is 0.824. The Bertz CT molecular complexity index is 306. The summed E-state index contributed by atoms with van der Waals surface area (Å²) in [5.74, 6) is 0.723. The molecule has 0 N–H and O–H groups in total. The van der Waals surface area contributed by atoms with Crippen molar-refractivity contribution in [1.29, 1.82) is 5.26 Å². The molecule has 68 valence electrons. The minimum Gasteiger partial charge on any atom is -0.463 e. The van der Waals surface area contributed by atoms with E-state index >= 15 is 0 Å². The van der Waals surface area contributed by atoms with Crippen molar-refractivity contribution < 1.29 is 4.74 Å². The number of thioether (sulfide) groups is 1. The molecule has 0 bridgehead atoms. The highest BCUT2D eigenvalue weighted by Crippen LogP contribution is 2.25. The number of hydrogen-bond acceptors (Lipinski definition) is 3. The van der Waals surface area contributed by atoms with Crippen molar-refractivity contribution >= 4 is 11.8 Å². The van der Waals surface area contributed by atoms with Crippen molar-refractivity contribution in [1.82, 2.24) is 0 Å². The van der Waals surface area contributed by atoms with E-state index < -0.39 is 4.93 Å². The monoisotopic (exact) mass is 193 g/mol. The largest absolute Gasteiger partial charge is 0.463 e. The van der Waals surface area contributed by atoms with Crippen LogP contribution < -0.4 is 4.74 Å². The van der Waals surface area contributed by atoms with Crippen LogP contribution in [0.3, 0.4) is 0 Å². The van der Waals surface area contributed by atoms with Crippen molar-refractivity contribution in [3.8, 4) is 11.8 Å². The van der Waals surface area contributed by atoms with Gasteiger partial charge in [-0.05, 0) is 25.3 Å². The summed E-state index contributed by atoms with van der Waals surface area (Å²) in [4.78, 5) is -0.790. The van der Waals surface area contributed by atoms with E-state index in [2.05, 4.69) is 6.07 Å². The predicted octanol–water partition coefficient (Wildman–Crippen LogP) is 2.67. The summed E-state index contributed by atoms with van der Waals surface area (Å²) >= 11 is 1.38. The lowest BCUT2D eigenvalue weighted by atomic mass is 10.3. The number of rotatable bonds is 3. The van der Waals surface area contributed by atoms with Gasteiger partial charge in [0.05, 0.1) is 0 Å². The molecule has 0 aliphatic carbocycles. The van der Waals surface area contributed by atoms with Crippen molar-refractivity contribution in [3.63, 3.8) is 0 Å². The lowest BCUT2D eigenvalue weighted by Crippen LogP contribution is -2.25. The molecule has 0 aromatic heterocycles.